The largest absolute Gasteiger partial charge is 0.497 e. The smallest absolute Gasteiger partial charge is 0.161 e. The highest BCUT2D eigenvalue weighted by molar-refractivity contribution is 5.97. The summed E-state index contributed by atoms with van der Waals surface area (Å²) in [6.07, 6.45) is 3.87. The van der Waals surface area contributed by atoms with Crippen molar-refractivity contribution in [1.29, 1.82) is 0 Å². The van der Waals surface area contributed by atoms with Gasteiger partial charge in [0.25, 0.3) is 0 Å². The number of hydrogen-bond donors (Lipinski definition) is 0. The van der Waals surface area contributed by atoms with E-state index >= 15 is 0 Å². The first kappa shape index (κ1) is 19.2. The minimum absolute atomic E-state index is 0.00411. The van der Waals surface area contributed by atoms with E-state index in [1.54, 1.807) is 7.11 Å². The van der Waals surface area contributed by atoms with Crippen LogP contribution in [0.4, 0.5) is 0 Å². The van der Waals surface area contributed by atoms with Crippen LogP contribution in [0.15, 0.2) is 35.4 Å². The van der Waals surface area contributed by atoms with Crippen LogP contribution >= 0.6 is 0 Å². The summed E-state index contributed by atoms with van der Waals surface area (Å²) >= 11 is 0. The van der Waals surface area contributed by atoms with Crippen LogP contribution in [0.1, 0.15) is 58.9 Å². The molecule has 3 nitrogen and oxygen atoms in total. The van der Waals surface area contributed by atoms with Gasteiger partial charge in [-0.25, -0.2) is 0 Å². The summed E-state index contributed by atoms with van der Waals surface area (Å²) in [5, 5.41) is 0. The first-order valence-electron chi connectivity index (χ1n) is 9.83. The molecular formula is C23H32O3. The number of fused-ring (bicyclic) bond motifs is 1. The Bertz CT molecular complexity index is 686. The molecule has 0 bridgehead atoms. The van der Waals surface area contributed by atoms with Crippen LogP contribution in [0.25, 0.3) is 0 Å². The quantitative estimate of drug-likeness (QED) is 0.715. The fraction of sp³-hybridized carbons (Fsp3) is 0.609. The van der Waals surface area contributed by atoms with E-state index in [2.05, 4.69) is 20.8 Å². The summed E-state index contributed by atoms with van der Waals surface area (Å²) in [6.45, 7) is 9.47. The molecule has 1 aromatic carbocycles. The predicted molar refractivity (Wildman–Crippen MR) is 104 cm³/mol. The van der Waals surface area contributed by atoms with Crippen molar-refractivity contribution >= 4 is 5.78 Å². The Kier molecular flexibility index (Phi) is 5.57. The average molecular weight is 357 g/mol. The summed E-state index contributed by atoms with van der Waals surface area (Å²) < 4.78 is 11.5. The van der Waals surface area contributed by atoms with Crippen molar-refractivity contribution < 1.29 is 14.3 Å². The van der Waals surface area contributed by atoms with Crippen LogP contribution in [0.2, 0.25) is 0 Å². The Labute approximate surface area is 157 Å². The van der Waals surface area contributed by atoms with Crippen LogP contribution in [0, 0.1) is 17.3 Å². The normalized spacial score (nSPS) is 29.1. The summed E-state index contributed by atoms with van der Waals surface area (Å²) in [4.78, 5) is 12.6. The van der Waals surface area contributed by atoms with Gasteiger partial charge in [0.2, 0.25) is 0 Å². The highest BCUT2D eigenvalue weighted by atomic mass is 16.5. The Hall–Kier alpha value is -1.61. The van der Waals surface area contributed by atoms with Crippen molar-refractivity contribution in [3.8, 4) is 5.75 Å². The van der Waals surface area contributed by atoms with Gasteiger partial charge in [0.1, 0.15) is 5.75 Å². The molecule has 0 unspecified atom stereocenters. The second-order valence-corrected chi connectivity index (χ2v) is 8.54. The molecule has 0 amide bonds. The monoisotopic (exact) mass is 356 g/mol. The Morgan fingerprint density at radius 2 is 1.88 bits per heavy atom. The van der Waals surface area contributed by atoms with Crippen molar-refractivity contribution in [1.82, 2.24) is 0 Å². The molecule has 142 valence electrons. The fourth-order valence-corrected chi connectivity index (χ4v) is 4.62. The molecule has 0 aromatic heterocycles. The molecule has 0 spiro atoms. The van der Waals surface area contributed by atoms with Gasteiger partial charge in [-0.2, -0.15) is 0 Å². The van der Waals surface area contributed by atoms with Gasteiger partial charge in [-0.15, -0.1) is 0 Å². The second kappa shape index (κ2) is 7.56. The third-order valence-electron chi connectivity index (χ3n) is 6.70. The molecule has 3 atom stereocenters. The average Bonchev–Trinajstić information content (AvgIpc) is 2.64. The summed E-state index contributed by atoms with van der Waals surface area (Å²) in [6, 6.07) is 7.97. The maximum Gasteiger partial charge on any atom is 0.161 e. The topological polar surface area (TPSA) is 35.5 Å². The van der Waals surface area contributed by atoms with Gasteiger partial charge in [-0.05, 0) is 61.3 Å². The number of ketones is 1. The molecule has 1 saturated carbocycles. The van der Waals surface area contributed by atoms with Gasteiger partial charge >= 0.3 is 0 Å². The number of Topliss-reactive ketones (excluding diaryl/α,β-unsaturated/α-hetero) is 1. The fourth-order valence-electron chi connectivity index (χ4n) is 4.62. The van der Waals surface area contributed by atoms with E-state index in [1.807, 2.05) is 31.2 Å². The van der Waals surface area contributed by atoms with Crippen molar-refractivity contribution in [3.63, 3.8) is 0 Å². The molecule has 1 aromatic rings. The van der Waals surface area contributed by atoms with E-state index in [9.17, 15) is 4.79 Å². The molecular weight excluding hydrogens is 324 g/mol. The lowest BCUT2D eigenvalue weighted by molar-refractivity contribution is -0.125. The summed E-state index contributed by atoms with van der Waals surface area (Å²) in [5.74, 6) is 2.46. The number of allylic oxidation sites excluding steroid dienone is 1. The lowest BCUT2D eigenvalue weighted by Crippen LogP contribution is -2.46. The highest BCUT2D eigenvalue weighted by Crippen LogP contribution is 2.52. The van der Waals surface area contributed by atoms with E-state index < -0.39 is 0 Å². The third kappa shape index (κ3) is 3.59. The zero-order valence-corrected chi connectivity index (χ0v) is 16.8. The van der Waals surface area contributed by atoms with Crippen molar-refractivity contribution in [2.75, 3.05) is 7.11 Å². The van der Waals surface area contributed by atoms with Crippen LogP contribution in [-0.4, -0.2) is 19.0 Å². The molecule has 0 N–H and O–H groups in total. The first-order valence-corrected chi connectivity index (χ1v) is 9.83. The first-order chi connectivity index (χ1) is 12.3. The van der Waals surface area contributed by atoms with Crippen LogP contribution in [0.5, 0.6) is 5.75 Å². The SMILES string of the molecule is COc1ccc(CO[C@H]2CC(=O)C(C)=C3C[C@H](C(C)C)CC[C@@]32C)cc1. The number of benzene rings is 1. The summed E-state index contributed by atoms with van der Waals surface area (Å²) in [7, 11) is 1.67. The molecule has 2 aliphatic rings. The van der Waals surface area contributed by atoms with Crippen molar-refractivity contribution in [2.24, 2.45) is 17.3 Å². The molecule has 0 heterocycles. The number of hydrogen-bond acceptors (Lipinski definition) is 3. The lowest BCUT2D eigenvalue weighted by atomic mass is 9.59. The van der Waals surface area contributed by atoms with Crippen LogP contribution in [-0.2, 0) is 16.1 Å². The van der Waals surface area contributed by atoms with E-state index in [0.29, 0.717) is 24.9 Å². The predicted octanol–water partition coefficient (Wildman–Crippen LogP) is 5.33. The Balaban J connectivity index is 1.77. The zero-order chi connectivity index (χ0) is 18.9. The van der Waals surface area contributed by atoms with Crippen molar-refractivity contribution in [2.45, 2.75) is 66.1 Å². The van der Waals surface area contributed by atoms with Gasteiger partial charge in [0.05, 0.1) is 19.8 Å². The van der Waals surface area contributed by atoms with Crippen molar-refractivity contribution in [3.05, 3.63) is 41.0 Å². The summed E-state index contributed by atoms with van der Waals surface area (Å²) in [5.41, 5.74) is 3.47. The van der Waals surface area contributed by atoms with Crippen LogP contribution < -0.4 is 4.74 Å². The van der Waals surface area contributed by atoms with E-state index in [4.69, 9.17) is 9.47 Å². The molecule has 0 aliphatic heterocycles. The Morgan fingerprint density at radius 1 is 1.19 bits per heavy atom. The number of ether oxygens (including phenoxy) is 2. The van der Waals surface area contributed by atoms with Gasteiger partial charge in [0.15, 0.2) is 5.78 Å². The van der Waals surface area contributed by atoms with Gasteiger partial charge in [0, 0.05) is 11.8 Å². The van der Waals surface area contributed by atoms with E-state index in [0.717, 1.165) is 29.7 Å². The van der Waals surface area contributed by atoms with E-state index in [1.165, 1.54) is 12.0 Å². The molecule has 3 heteroatoms. The lowest BCUT2D eigenvalue weighted by Gasteiger charge is -2.49. The number of carbonyl (C=O) groups is 1. The molecule has 2 aliphatic carbocycles. The second-order valence-electron chi connectivity index (χ2n) is 8.54. The molecule has 26 heavy (non-hydrogen) atoms. The molecule has 0 radical (unpaired) electrons. The minimum atomic E-state index is -0.0242. The van der Waals surface area contributed by atoms with Crippen LogP contribution in [0.3, 0.4) is 0 Å². The Morgan fingerprint density at radius 3 is 2.50 bits per heavy atom. The number of carbonyl (C=O) groups excluding carboxylic acids is 1. The maximum atomic E-state index is 12.6. The van der Waals surface area contributed by atoms with E-state index in [-0.39, 0.29) is 17.3 Å². The number of methoxy groups -OCH3 is 1. The molecule has 3 rings (SSSR count). The standard InChI is InChI=1S/C23H32O3/c1-15(2)18-10-11-23(4)20(12-18)16(3)21(24)13-22(23)26-14-17-6-8-19(25-5)9-7-17/h6-9,15,18,22H,10-14H2,1-5H3/t18-,22+,23+/m1/s1. The third-order valence-corrected chi connectivity index (χ3v) is 6.70. The van der Waals surface area contributed by atoms with Gasteiger partial charge < -0.3 is 9.47 Å². The van der Waals surface area contributed by atoms with Gasteiger partial charge in [-0.1, -0.05) is 38.5 Å². The maximum absolute atomic E-state index is 12.6. The number of rotatable bonds is 5. The van der Waals surface area contributed by atoms with Gasteiger partial charge in [-0.3, -0.25) is 4.79 Å². The molecule has 0 saturated heterocycles. The molecule has 1 fully saturated rings. The zero-order valence-electron chi connectivity index (χ0n) is 16.8. The highest BCUT2D eigenvalue weighted by Gasteiger charge is 2.47. The minimum Gasteiger partial charge on any atom is -0.497 e.